The highest BCUT2D eigenvalue weighted by molar-refractivity contribution is 7.92. The van der Waals surface area contributed by atoms with Crippen LogP contribution in [0.1, 0.15) is 56.1 Å². The molecular formula is C33H40N4O6S. The molecule has 0 spiro atoms. The summed E-state index contributed by atoms with van der Waals surface area (Å²) in [6, 6.07) is 21.1. The summed E-state index contributed by atoms with van der Waals surface area (Å²) >= 11 is 0. The van der Waals surface area contributed by atoms with Gasteiger partial charge in [0.05, 0.1) is 11.0 Å². The van der Waals surface area contributed by atoms with Gasteiger partial charge in [0, 0.05) is 47.0 Å². The van der Waals surface area contributed by atoms with E-state index in [2.05, 4.69) is 19.9 Å². The molecule has 4 rings (SSSR count). The number of anilines is 1. The molecule has 1 amide bonds. The zero-order valence-corrected chi connectivity index (χ0v) is 26.1. The van der Waals surface area contributed by atoms with Gasteiger partial charge in [0.15, 0.2) is 0 Å². The molecule has 3 aromatic carbocycles. The monoisotopic (exact) mass is 620 g/mol. The largest absolute Gasteiger partial charge is 0.480 e. The SMILES string of the molecule is CC(C)[C@H](NC(=O)c1ccc2c(ccn2CCC(C)(C)NC[C@H](O)c2cccc(NS(=O)(=O)c3ccccc3)c2)c1)C(=O)O. The van der Waals surface area contributed by atoms with Crippen LogP contribution in [0.4, 0.5) is 5.69 Å². The van der Waals surface area contributed by atoms with E-state index in [1.807, 2.05) is 32.2 Å². The average Bonchev–Trinajstić information content (AvgIpc) is 3.40. The molecule has 44 heavy (non-hydrogen) atoms. The Morgan fingerprint density at radius 3 is 2.36 bits per heavy atom. The minimum Gasteiger partial charge on any atom is -0.480 e. The molecule has 0 radical (unpaired) electrons. The molecule has 0 aliphatic rings. The van der Waals surface area contributed by atoms with E-state index in [0.29, 0.717) is 23.4 Å². The van der Waals surface area contributed by atoms with Crippen LogP contribution in [-0.2, 0) is 21.4 Å². The standard InChI is InChI=1S/C33H40N4O6S/c1-22(2)30(32(40)41)35-31(39)25-13-14-28-23(19-25)15-17-37(28)18-16-33(3,4)34-21-29(38)24-9-8-10-26(20-24)36-44(42,43)27-11-6-5-7-12-27/h5-15,17,19-20,22,29-30,34,36,38H,16,18,21H2,1-4H3,(H,35,39)(H,40,41)/t29-,30-/m0/s1. The van der Waals surface area contributed by atoms with Crippen molar-refractivity contribution in [2.75, 3.05) is 11.3 Å². The molecule has 0 unspecified atom stereocenters. The number of carbonyl (C=O) groups excluding carboxylic acids is 1. The summed E-state index contributed by atoms with van der Waals surface area (Å²) in [7, 11) is -3.74. The summed E-state index contributed by atoms with van der Waals surface area (Å²) in [5.74, 6) is -1.74. The van der Waals surface area contributed by atoms with E-state index in [1.165, 1.54) is 12.1 Å². The molecule has 5 N–H and O–H groups in total. The molecule has 234 valence electrons. The number of aliphatic hydroxyl groups is 1. The van der Waals surface area contributed by atoms with Crippen LogP contribution in [-0.4, -0.2) is 53.2 Å². The fourth-order valence-corrected chi connectivity index (χ4v) is 5.95. The Morgan fingerprint density at radius 2 is 1.68 bits per heavy atom. The number of aromatic nitrogens is 1. The van der Waals surface area contributed by atoms with Crippen LogP contribution in [0, 0.1) is 5.92 Å². The van der Waals surface area contributed by atoms with Crippen molar-refractivity contribution in [3.05, 3.63) is 96.2 Å². The van der Waals surface area contributed by atoms with Gasteiger partial charge in [0.25, 0.3) is 15.9 Å². The molecule has 2 atom stereocenters. The van der Waals surface area contributed by atoms with E-state index in [1.54, 1.807) is 68.4 Å². The van der Waals surface area contributed by atoms with Crippen molar-refractivity contribution >= 4 is 38.5 Å². The maximum atomic E-state index is 12.7. The lowest BCUT2D eigenvalue weighted by atomic mass is 9.99. The first-order valence-corrected chi connectivity index (χ1v) is 16.0. The van der Waals surface area contributed by atoms with Crippen LogP contribution in [0.2, 0.25) is 0 Å². The van der Waals surface area contributed by atoms with Crippen molar-refractivity contribution in [1.82, 2.24) is 15.2 Å². The van der Waals surface area contributed by atoms with E-state index in [9.17, 15) is 28.2 Å². The van der Waals surface area contributed by atoms with E-state index < -0.39 is 34.0 Å². The highest BCUT2D eigenvalue weighted by atomic mass is 32.2. The van der Waals surface area contributed by atoms with Gasteiger partial charge in [0.1, 0.15) is 6.04 Å². The van der Waals surface area contributed by atoms with E-state index in [0.717, 1.165) is 17.3 Å². The lowest BCUT2D eigenvalue weighted by molar-refractivity contribution is -0.140. The fraction of sp³-hybridized carbons (Fsp3) is 0.333. The zero-order valence-electron chi connectivity index (χ0n) is 25.3. The van der Waals surface area contributed by atoms with Gasteiger partial charge in [-0.15, -0.1) is 0 Å². The number of carbonyl (C=O) groups is 2. The lowest BCUT2D eigenvalue weighted by Crippen LogP contribution is -2.44. The van der Waals surface area contributed by atoms with Crippen LogP contribution in [0.25, 0.3) is 10.9 Å². The number of hydrogen-bond acceptors (Lipinski definition) is 6. The Bertz CT molecular complexity index is 1720. The average molecular weight is 621 g/mol. The van der Waals surface area contributed by atoms with E-state index in [-0.39, 0.29) is 22.9 Å². The summed E-state index contributed by atoms with van der Waals surface area (Å²) in [5.41, 5.74) is 1.96. The van der Waals surface area contributed by atoms with Crippen molar-refractivity contribution in [2.45, 2.75) is 63.2 Å². The number of carboxylic acids is 1. The van der Waals surface area contributed by atoms with Crippen molar-refractivity contribution < 1.29 is 28.2 Å². The summed E-state index contributed by atoms with van der Waals surface area (Å²) < 4.78 is 30.1. The number of benzene rings is 3. The number of carboxylic acid groups (broad SMARTS) is 1. The number of amides is 1. The Labute approximate surface area is 258 Å². The van der Waals surface area contributed by atoms with Gasteiger partial charge in [-0.2, -0.15) is 0 Å². The Morgan fingerprint density at radius 1 is 0.955 bits per heavy atom. The molecule has 0 fully saturated rings. The molecule has 1 heterocycles. The van der Waals surface area contributed by atoms with Gasteiger partial charge in [-0.05, 0) is 80.3 Å². The van der Waals surface area contributed by atoms with Gasteiger partial charge in [0.2, 0.25) is 0 Å². The molecule has 0 aliphatic carbocycles. The maximum absolute atomic E-state index is 12.7. The highest BCUT2D eigenvalue weighted by Gasteiger charge is 2.24. The number of sulfonamides is 1. The second-order valence-corrected chi connectivity index (χ2v) is 13.6. The molecular weight excluding hydrogens is 580 g/mol. The van der Waals surface area contributed by atoms with Crippen LogP contribution in [0.15, 0.2) is 90.0 Å². The molecule has 10 nitrogen and oxygen atoms in total. The summed E-state index contributed by atoms with van der Waals surface area (Å²) in [4.78, 5) is 24.3. The van der Waals surface area contributed by atoms with Crippen LogP contribution >= 0.6 is 0 Å². The van der Waals surface area contributed by atoms with Crippen molar-refractivity contribution in [2.24, 2.45) is 5.92 Å². The Kier molecular flexibility index (Phi) is 10.1. The fourth-order valence-electron chi connectivity index (χ4n) is 4.88. The van der Waals surface area contributed by atoms with Crippen LogP contribution in [0.3, 0.4) is 0 Å². The first-order chi connectivity index (χ1) is 20.8. The Hall–Kier alpha value is -4.19. The van der Waals surface area contributed by atoms with Gasteiger partial charge in [-0.25, -0.2) is 13.2 Å². The van der Waals surface area contributed by atoms with Gasteiger partial charge >= 0.3 is 5.97 Å². The molecule has 0 saturated heterocycles. The predicted octanol–water partition coefficient (Wildman–Crippen LogP) is 4.77. The maximum Gasteiger partial charge on any atom is 0.326 e. The zero-order chi connectivity index (χ0) is 32.1. The number of aliphatic carboxylic acids is 1. The molecule has 1 aromatic heterocycles. The first kappa shape index (κ1) is 32.7. The highest BCUT2D eigenvalue weighted by Crippen LogP contribution is 2.23. The van der Waals surface area contributed by atoms with Crippen LogP contribution in [0.5, 0.6) is 0 Å². The summed E-state index contributed by atoms with van der Waals surface area (Å²) in [6.07, 6.45) is 1.83. The third-order valence-electron chi connectivity index (χ3n) is 7.58. The van der Waals surface area contributed by atoms with Crippen LogP contribution < -0.4 is 15.4 Å². The second-order valence-electron chi connectivity index (χ2n) is 11.9. The topological polar surface area (TPSA) is 150 Å². The quantitative estimate of drug-likeness (QED) is 0.136. The van der Waals surface area contributed by atoms with E-state index in [4.69, 9.17) is 0 Å². The molecule has 0 aliphatic heterocycles. The minimum absolute atomic E-state index is 0.159. The lowest BCUT2D eigenvalue weighted by Gasteiger charge is -2.28. The number of nitrogens with zero attached hydrogens (tertiary/aromatic N) is 1. The van der Waals surface area contributed by atoms with E-state index >= 15 is 0 Å². The molecule has 0 saturated carbocycles. The smallest absolute Gasteiger partial charge is 0.326 e. The number of aryl methyl sites for hydroxylation is 1. The Balaban J connectivity index is 1.34. The van der Waals surface area contributed by atoms with Crippen molar-refractivity contribution in [3.63, 3.8) is 0 Å². The van der Waals surface area contributed by atoms with Crippen molar-refractivity contribution in [1.29, 1.82) is 0 Å². The van der Waals surface area contributed by atoms with Gasteiger partial charge in [-0.3, -0.25) is 9.52 Å². The number of aliphatic hydroxyl groups excluding tert-OH is 1. The number of hydrogen-bond donors (Lipinski definition) is 5. The molecule has 4 aromatic rings. The number of nitrogens with one attached hydrogen (secondary N) is 3. The van der Waals surface area contributed by atoms with Gasteiger partial charge in [-0.1, -0.05) is 44.2 Å². The normalized spacial score (nSPS) is 13.5. The number of β-amino-alcohol motifs (C(OH)–C–C–N with tert-alkyl or cyclic N) is 1. The first-order valence-electron chi connectivity index (χ1n) is 14.5. The van der Waals surface area contributed by atoms with Crippen molar-refractivity contribution in [3.8, 4) is 0 Å². The summed E-state index contributed by atoms with van der Waals surface area (Å²) in [6.45, 7) is 8.53. The third kappa shape index (κ3) is 8.25. The van der Waals surface area contributed by atoms with Gasteiger partial charge < -0.3 is 25.4 Å². The summed E-state index contributed by atoms with van der Waals surface area (Å²) in [5, 5.41) is 27.2. The predicted molar refractivity (Wildman–Crippen MR) is 171 cm³/mol. The second kappa shape index (κ2) is 13.6. The third-order valence-corrected chi connectivity index (χ3v) is 8.98. The molecule has 0 bridgehead atoms. The molecule has 11 heteroatoms. The number of fused-ring (bicyclic) bond motifs is 1. The number of rotatable bonds is 14. The minimum atomic E-state index is -3.74.